The second-order valence-electron chi connectivity index (χ2n) is 6.08. The first-order valence-electron chi connectivity index (χ1n) is 8.79. The molecule has 7 nitrogen and oxygen atoms in total. The molecule has 25 heavy (non-hydrogen) atoms. The quantitative estimate of drug-likeness (QED) is 0.456. The molecule has 0 spiro atoms. The van der Waals surface area contributed by atoms with E-state index in [1.54, 1.807) is 24.3 Å². The fraction of sp³-hybridized carbons (Fsp3) is 0.556. The molecule has 0 bridgehead atoms. The Hall–Kier alpha value is -2.12. The summed E-state index contributed by atoms with van der Waals surface area (Å²) in [6.45, 7) is 6.74. The van der Waals surface area contributed by atoms with Gasteiger partial charge < -0.3 is 20.5 Å². The van der Waals surface area contributed by atoms with Crippen LogP contribution >= 0.6 is 0 Å². The molecule has 0 saturated carbocycles. The average Bonchev–Trinajstić information content (AvgIpc) is 2.62. The molecule has 7 heteroatoms. The molecule has 1 aromatic carbocycles. The van der Waals surface area contributed by atoms with Crippen LogP contribution in [0.5, 0.6) is 5.75 Å². The number of morpholine rings is 1. The molecular formula is C18H28N4O3. The van der Waals surface area contributed by atoms with E-state index in [1.165, 1.54) is 0 Å². The van der Waals surface area contributed by atoms with Crippen molar-refractivity contribution < 1.29 is 14.3 Å². The van der Waals surface area contributed by atoms with Gasteiger partial charge in [0, 0.05) is 31.7 Å². The Morgan fingerprint density at radius 3 is 2.88 bits per heavy atom. The number of hydrogen-bond acceptors (Lipinski definition) is 5. The third kappa shape index (κ3) is 6.36. The summed E-state index contributed by atoms with van der Waals surface area (Å²) in [5.74, 6) is 0.422. The number of nitrogens with two attached hydrogens (primary N) is 1. The second kappa shape index (κ2) is 10.0. The highest BCUT2D eigenvalue weighted by Crippen LogP contribution is 2.16. The number of nitrogens with zero attached hydrogens (tertiary/aromatic N) is 1. The minimum atomic E-state index is -0.545. The van der Waals surface area contributed by atoms with Crippen LogP contribution < -0.4 is 15.8 Å². The number of nitrogen functional groups attached to an aromatic ring is 1. The molecule has 4 N–H and O–H groups in total. The van der Waals surface area contributed by atoms with Crippen LogP contribution in [0, 0.1) is 5.41 Å². The van der Waals surface area contributed by atoms with Crippen LogP contribution in [-0.2, 0) is 9.53 Å². The van der Waals surface area contributed by atoms with Crippen LogP contribution in [0.15, 0.2) is 24.3 Å². The van der Waals surface area contributed by atoms with Gasteiger partial charge in [-0.25, -0.2) is 0 Å². The van der Waals surface area contributed by atoms with Gasteiger partial charge in [-0.1, -0.05) is 25.5 Å². The lowest BCUT2D eigenvalue weighted by Crippen LogP contribution is -2.44. The van der Waals surface area contributed by atoms with Crippen LogP contribution in [0.1, 0.15) is 25.3 Å². The molecule has 1 unspecified atom stereocenters. The normalized spacial score (nSPS) is 16.2. The van der Waals surface area contributed by atoms with Crippen molar-refractivity contribution in [3.63, 3.8) is 0 Å². The summed E-state index contributed by atoms with van der Waals surface area (Å²) in [6.07, 6.45) is 0.929. The number of ether oxygens (including phenoxy) is 2. The minimum absolute atomic E-state index is 0.0209. The van der Waals surface area contributed by atoms with Gasteiger partial charge in [-0.2, -0.15) is 0 Å². The van der Waals surface area contributed by atoms with Crippen LogP contribution in [-0.4, -0.2) is 62.1 Å². The van der Waals surface area contributed by atoms with Gasteiger partial charge in [0.25, 0.3) is 5.91 Å². The first kappa shape index (κ1) is 19.2. The summed E-state index contributed by atoms with van der Waals surface area (Å²) in [4.78, 5) is 14.7. The molecular weight excluding hydrogens is 320 g/mol. The Morgan fingerprint density at radius 2 is 2.20 bits per heavy atom. The Balaban J connectivity index is 1.86. The summed E-state index contributed by atoms with van der Waals surface area (Å²) in [5.41, 5.74) is 6.09. The molecule has 0 aromatic heterocycles. The standard InChI is InChI=1S/C18H28N4O3/c1-2-4-16(25-15-6-3-5-14(13-15)17(19)20)18(23)21-7-8-22-9-11-24-12-10-22/h3,5-6,13,16H,2,4,7-12H2,1H3,(H3,19,20)(H,21,23). The van der Waals surface area contributed by atoms with Gasteiger partial charge in [0.1, 0.15) is 11.6 Å². The fourth-order valence-electron chi connectivity index (χ4n) is 2.68. The lowest BCUT2D eigenvalue weighted by Gasteiger charge is -2.27. The first-order chi connectivity index (χ1) is 12.1. The third-order valence-corrected chi connectivity index (χ3v) is 4.10. The second-order valence-corrected chi connectivity index (χ2v) is 6.08. The van der Waals surface area contributed by atoms with Gasteiger partial charge in [-0.3, -0.25) is 15.1 Å². The number of rotatable bonds is 9. The molecule has 1 heterocycles. The largest absolute Gasteiger partial charge is 0.481 e. The Kier molecular flexibility index (Phi) is 7.69. The van der Waals surface area contributed by atoms with E-state index in [9.17, 15) is 4.79 Å². The number of nitrogens with one attached hydrogen (secondary N) is 2. The summed E-state index contributed by atoms with van der Waals surface area (Å²) in [7, 11) is 0. The summed E-state index contributed by atoms with van der Waals surface area (Å²) >= 11 is 0. The van der Waals surface area contributed by atoms with Crippen LogP contribution in [0.2, 0.25) is 0 Å². The highest BCUT2D eigenvalue weighted by molar-refractivity contribution is 5.95. The van der Waals surface area contributed by atoms with Crippen molar-refractivity contribution in [1.29, 1.82) is 5.41 Å². The van der Waals surface area contributed by atoms with Crippen LogP contribution in [0.4, 0.5) is 0 Å². The number of amidine groups is 1. The van der Waals surface area contributed by atoms with Crippen molar-refractivity contribution in [1.82, 2.24) is 10.2 Å². The molecule has 1 amide bonds. The Morgan fingerprint density at radius 1 is 1.44 bits per heavy atom. The summed E-state index contributed by atoms with van der Waals surface area (Å²) in [6, 6.07) is 6.97. The average molecular weight is 348 g/mol. The van der Waals surface area contributed by atoms with Gasteiger partial charge in [0.05, 0.1) is 13.2 Å². The van der Waals surface area contributed by atoms with E-state index < -0.39 is 6.10 Å². The van der Waals surface area contributed by atoms with E-state index in [0.717, 1.165) is 39.3 Å². The van der Waals surface area contributed by atoms with Crippen molar-refractivity contribution in [3.05, 3.63) is 29.8 Å². The maximum Gasteiger partial charge on any atom is 0.261 e. The molecule has 1 aliphatic heterocycles. The zero-order valence-corrected chi connectivity index (χ0v) is 14.8. The Labute approximate surface area is 149 Å². The van der Waals surface area contributed by atoms with Gasteiger partial charge in [0.2, 0.25) is 0 Å². The molecule has 2 rings (SSSR count). The van der Waals surface area contributed by atoms with Crippen molar-refractivity contribution in [2.24, 2.45) is 5.73 Å². The van der Waals surface area contributed by atoms with Crippen molar-refractivity contribution in [2.75, 3.05) is 39.4 Å². The van der Waals surface area contributed by atoms with E-state index in [2.05, 4.69) is 10.2 Å². The molecule has 1 aromatic rings. The van der Waals surface area contributed by atoms with E-state index in [4.69, 9.17) is 20.6 Å². The fourth-order valence-corrected chi connectivity index (χ4v) is 2.68. The maximum absolute atomic E-state index is 12.5. The predicted octanol–water partition coefficient (Wildman–Crippen LogP) is 0.967. The lowest BCUT2D eigenvalue weighted by molar-refractivity contribution is -0.128. The third-order valence-electron chi connectivity index (χ3n) is 4.10. The molecule has 138 valence electrons. The number of hydrogen-bond donors (Lipinski definition) is 3. The van der Waals surface area contributed by atoms with Crippen molar-refractivity contribution in [3.8, 4) is 5.75 Å². The SMILES string of the molecule is CCCC(Oc1cccc(C(=N)N)c1)C(=O)NCCN1CCOCC1. The van der Waals surface area contributed by atoms with Crippen molar-refractivity contribution >= 4 is 11.7 Å². The molecule has 0 aliphatic carbocycles. The highest BCUT2D eigenvalue weighted by Gasteiger charge is 2.20. The number of benzene rings is 1. The van der Waals surface area contributed by atoms with Crippen LogP contribution in [0.3, 0.4) is 0 Å². The topological polar surface area (TPSA) is 101 Å². The predicted molar refractivity (Wildman–Crippen MR) is 97.1 cm³/mol. The van der Waals surface area contributed by atoms with E-state index in [0.29, 0.717) is 24.3 Å². The highest BCUT2D eigenvalue weighted by atomic mass is 16.5. The van der Waals surface area contributed by atoms with E-state index >= 15 is 0 Å². The molecule has 1 aliphatic rings. The van der Waals surface area contributed by atoms with Gasteiger partial charge in [-0.05, 0) is 18.6 Å². The van der Waals surface area contributed by atoms with Gasteiger partial charge in [0.15, 0.2) is 6.10 Å². The smallest absolute Gasteiger partial charge is 0.261 e. The van der Waals surface area contributed by atoms with Crippen LogP contribution in [0.25, 0.3) is 0 Å². The lowest BCUT2D eigenvalue weighted by atomic mass is 10.1. The zero-order chi connectivity index (χ0) is 18.1. The Bertz CT molecular complexity index is 573. The van der Waals surface area contributed by atoms with Crippen molar-refractivity contribution in [2.45, 2.75) is 25.9 Å². The van der Waals surface area contributed by atoms with Gasteiger partial charge >= 0.3 is 0 Å². The molecule has 1 saturated heterocycles. The number of amides is 1. The summed E-state index contributed by atoms with van der Waals surface area (Å²) in [5, 5.41) is 10.5. The van der Waals surface area contributed by atoms with Gasteiger partial charge in [-0.15, -0.1) is 0 Å². The van der Waals surface area contributed by atoms with E-state index in [-0.39, 0.29) is 11.7 Å². The maximum atomic E-state index is 12.5. The zero-order valence-electron chi connectivity index (χ0n) is 14.8. The number of carbonyl (C=O) groups is 1. The molecule has 0 radical (unpaired) electrons. The first-order valence-corrected chi connectivity index (χ1v) is 8.79. The molecule has 1 fully saturated rings. The summed E-state index contributed by atoms with van der Waals surface area (Å²) < 4.78 is 11.2. The minimum Gasteiger partial charge on any atom is -0.481 e. The number of carbonyl (C=O) groups excluding carboxylic acids is 1. The molecule has 1 atom stereocenters. The van der Waals surface area contributed by atoms with E-state index in [1.807, 2.05) is 6.92 Å². The monoisotopic (exact) mass is 348 g/mol.